The molecule has 0 heterocycles. The van der Waals surface area contributed by atoms with Crippen molar-refractivity contribution in [1.29, 1.82) is 0 Å². The van der Waals surface area contributed by atoms with Crippen molar-refractivity contribution in [1.82, 2.24) is 4.90 Å². The summed E-state index contributed by atoms with van der Waals surface area (Å²) in [5.74, 6) is 2.61. The van der Waals surface area contributed by atoms with Gasteiger partial charge in [-0.3, -0.25) is 4.90 Å². The quantitative estimate of drug-likeness (QED) is 0.832. The van der Waals surface area contributed by atoms with E-state index in [9.17, 15) is 0 Å². The molecule has 0 aliphatic heterocycles. The molecule has 0 amide bonds. The van der Waals surface area contributed by atoms with E-state index in [1.807, 2.05) is 0 Å². The lowest BCUT2D eigenvalue weighted by Gasteiger charge is -2.49. The normalized spacial score (nSPS) is 38.5. The molecule has 2 nitrogen and oxygen atoms in total. The smallest absolute Gasteiger partial charge is 0.0333 e. The van der Waals surface area contributed by atoms with E-state index < -0.39 is 0 Å². The monoisotopic (exact) mass is 252 g/mol. The van der Waals surface area contributed by atoms with Gasteiger partial charge in [0.2, 0.25) is 0 Å². The standard InChI is InChI=1S/C16H32N2/c1-13-8-14(2)10-16(9-13,12-17)18(3)11-15-6-4-5-7-15/h13-15H,4-12,17H2,1-3H3. The van der Waals surface area contributed by atoms with Crippen LogP contribution in [-0.4, -0.2) is 30.6 Å². The van der Waals surface area contributed by atoms with Gasteiger partial charge in [-0.2, -0.15) is 0 Å². The average Bonchev–Trinajstić information content (AvgIpc) is 2.80. The predicted octanol–water partition coefficient (Wildman–Crippen LogP) is 3.26. The number of nitrogens with zero attached hydrogens (tertiary/aromatic N) is 1. The first-order chi connectivity index (χ1) is 8.55. The second-order valence-electron chi connectivity index (χ2n) is 7.31. The molecule has 0 radical (unpaired) electrons. The van der Waals surface area contributed by atoms with E-state index in [-0.39, 0.29) is 0 Å². The minimum absolute atomic E-state index is 0.291. The molecule has 2 unspecified atom stereocenters. The Morgan fingerprint density at radius 3 is 2.17 bits per heavy atom. The van der Waals surface area contributed by atoms with Crippen LogP contribution < -0.4 is 5.73 Å². The third-order valence-corrected chi connectivity index (χ3v) is 5.46. The molecule has 2 rings (SSSR count). The molecular formula is C16H32N2. The van der Waals surface area contributed by atoms with Crippen molar-refractivity contribution >= 4 is 0 Å². The Hall–Kier alpha value is -0.0800. The van der Waals surface area contributed by atoms with Gasteiger partial charge in [-0.1, -0.05) is 26.7 Å². The van der Waals surface area contributed by atoms with Crippen molar-refractivity contribution in [2.75, 3.05) is 20.1 Å². The largest absolute Gasteiger partial charge is 0.329 e. The molecule has 18 heavy (non-hydrogen) atoms. The number of hydrogen-bond donors (Lipinski definition) is 1. The van der Waals surface area contributed by atoms with E-state index in [0.717, 1.165) is 24.3 Å². The van der Waals surface area contributed by atoms with Gasteiger partial charge in [0.1, 0.15) is 0 Å². The van der Waals surface area contributed by atoms with Crippen molar-refractivity contribution in [2.45, 2.75) is 64.3 Å². The molecule has 2 N–H and O–H groups in total. The van der Waals surface area contributed by atoms with Gasteiger partial charge in [-0.15, -0.1) is 0 Å². The van der Waals surface area contributed by atoms with Crippen LogP contribution in [0.4, 0.5) is 0 Å². The van der Waals surface area contributed by atoms with Crippen molar-refractivity contribution < 1.29 is 0 Å². The van der Waals surface area contributed by atoms with Gasteiger partial charge in [0.05, 0.1) is 0 Å². The number of likely N-dealkylation sites (N-methyl/N-ethyl adjacent to an activating group) is 1. The first-order valence-corrected chi connectivity index (χ1v) is 7.97. The van der Waals surface area contributed by atoms with E-state index in [2.05, 4.69) is 25.8 Å². The number of rotatable bonds is 4. The lowest BCUT2D eigenvalue weighted by atomic mass is 9.70. The highest BCUT2D eigenvalue weighted by Gasteiger charge is 2.40. The molecule has 2 atom stereocenters. The minimum Gasteiger partial charge on any atom is -0.329 e. The Bertz CT molecular complexity index is 248. The van der Waals surface area contributed by atoms with Gasteiger partial charge in [0.15, 0.2) is 0 Å². The van der Waals surface area contributed by atoms with Crippen molar-refractivity contribution in [3.8, 4) is 0 Å². The van der Waals surface area contributed by atoms with Crippen molar-refractivity contribution in [2.24, 2.45) is 23.5 Å². The molecule has 0 saturated heterocycles. The highest BCUT2D eigenvalue weighted by Crippen LogP contribution is 2.39. The van der Waals surface area contributed by atoms with Crippen molar-refractivity contribution in [3.63, 3.8) is 0 Å². The van der Waals surface area contributed by atoms with Crippen LogP contribution in [0.15, 0.2) is 0 Å². The lowest BCUT2D eigenvalue weighted by molar-refractivity contribution is 0.0288. The molecule has 2 fully saturated rings. The van der Waals surface area contributed by atoms with Crippen LogP contribution in [0.5, 0.6) is 0 Å². The van der Waals surface area contributed by atoms with Gasteiger partial charge in [0, 0.05) is 18.6 Å². The van der Waals surface area contributed by atoms with E-state index in [1.165, 1.54) is 51.5 Å². The van der Waals surface area contributed by atoms with Crippen LogP contribution in [0, 0.1) is 17.8 Å². The molecule has 2 aliphatic rings. The minimum atomic E-state index is 0.291. The first-order valence-electron chi connectivity index (χ1n) is 7.97. The molecule has 2 aliphatic carbocycles. The van der Waals surface area contributed by atoms with Gasteiger partial charge in [-0.05, 0) is 56.9 Å². The second kappa shape index (κ2) is 5.92. The van der Waals surface area contributed by atoms with Crippen LogP contribution in [0.1, 0.15) is 58.8 Å². The van der Waals surface area contributed by atoms with Gasteiger partial charge in [-0.25, -0.2) is 0 Å². The summed E-state index contributed by atoms with van der Waals surface area (Å²) in [6.45, 7) is 6.93. The zero-order valence-corrected chi connectivity index (χ0v) is 12.6. The summed E-state index contributed by atoms with van der Waals surface area (Å²) >= 11 is 0. The fraction of sp³-hybridized carbons (Fsp3) is 1.00. The highest BCUT2D eigenvalue weighted by molar-refractivity contribution is 4.97. The highest BCUT2D eigenvalue weighted by atomic mass is 15.2. The topological polar surface area (TPSA) is 29.3 Å². The molecular weight excluding hydrogens is 220 g/mol. The summed E-state index contributed by atoms with van der Waals surface area (Å²) in [6.07, 6.45) is 9.77. The Morgan fingerprint density at radius 1 is 1.11 bits per heavy atom. The molecule has 2 saturated carbocycles. The summed E-state index contributed by atoms with van der Waals surface area (Å²) in [6, 6.07) is 0. The van der Waals surface area contributed by atoms with Crippen LogP contribution in [-0.2, 0) is 0 Å². The van der Waals surface area contributed by atoms with Crippen LogP contribution in [0.3, 0.4) is 0 Å². The molecule has 106 valence electrons. The summed E-state index contributed by atoms with van der Waals surface area (Å²) in [5, 5.41) is 0. The Kier molecular flexibility index (Phi) is 4.71. The Morgan fingerprint density at radius 2 is 1.67 bits per heavy atom. The van der Waals surface area contributed by atoms with Crippen LogP contribution in [0.25, 0.3) is 0 Å². The summed E-state index contributed by atoms with van der Waals surface area (Å²) in [5.41, 5.74) is 6.49. The lowest BCUT2D eigenvalue weighted by Crippen LogP contribution is -2.56. The van der Waals surface area contributed by atoms with E-state index in [4.69, 9.17) is 5.73 Å². The fourth-order valence-electron chi connectivity index (χ4n) is 4.64. The zero-order valence-electron chi connectivity index (χ0n) is 12.6. The molecule has 0 aromatic rings. The third kappa shape index (κ3) is 3.08. The molecule has 0 aromatic carbocycles. The van der Waals surface area contributed by atoms with E-state index >= 15 is 0 Å². The van der Waals surface area contributed by atoms with Gasteiger partial charge in [0.25, 0.3) is 0 Å². The fourth-order valence-corrected chi connectivity index (χ4v) is 4.64. The van der Waals surface area contributed by atoms with E-state index in [1.54, 1.807) is 0 Å². The zero-order chi connectivity index (χ0) is 13.2. The first kappa shape index (κ1) is 14.3. The van der Waals surface area contributed by atoms with Gasteiger partial charge < -0.3 is 5.73 Å². The molecule has 0 bridgehead atoms. The second-order valence-corrected chi connectivity index (χ2v) is 7.31. The third-order valence-electron chi connectivity index (χ3n) is 5.46. The number of nitrogens with two attached hydrogens (primary N) is 1. The average molecular weight is 252 g/mol. The SMILES string of the molecule is CC1CC(C)CC(CN)(N(C)CC2CCCC2)C1. The predicted molar refractivity (Wildman–Crippen MR) is 78.6 cm³/mol. The summed E-state index contributed by atoms with van der Waals surface area (Å²) in [4.78, 5) is 2.63. The molecule has 0 aromatic heterocycles. The summed E-state index contributed by atoms with van der Waals surface area (Å²) < 4.78 is 0. The Balaban J connectivity index is 2.00. The summed E-state index contributed by atoms with van der Waals surface area (Å²) in [7, 11) is 2.33. The maximum Gasteiger partial charge on any atom is 0.0333 e. The Labute approximate surface area is 113 Å². The van der Waals surface area contributed by atoms with Crippen molar-refractivity contribution in [3.05, 3.63) is 0 Å². The van der Waals surface area contributed by atoms with Crippen LogP contribution in [0.2, 0.25) is 0 Å². The number of hydrogen-bond acceptors (Lipinski definition) is 2. The maximum atomic E-state index is 6.20. The molecule has 2 heteroatoms. The van der Waals surface area contributed by atoms with Gasteiger partial charge >= 0.3 is 0 Å². The maximum absolute atomic E-state index is 6.20. The van der Waals surface area contributed by atoms with Crippen LogP contribution >= 0.6 is 0 Å². The molecule has 0 spiro atoms. The van der Waals surface area contributed by atoms with E-state index in [0.29, 0.717) is 5.54 Å².